The average molecular weight is 211 g/mol. The van der Waals surface area contributed by atoms with Gasteiger partial charge in [0.05, 0.1) is 12.4 Å². The van der Waals surface area contributed by atoms with Gasteiger partial charge >= 0.3 is 0 Å². The number of hydrogen-bond donors (Lipinski definition) is 1. The third kappa shape index (κ3) is 3.26. The van der Waals surface area contributed by atoms with Crippen LogP contribution in [-0.2, 0) is 0 Å². The molecule has 0 aromatic carbocycles. The molecule has 1 rings (SSSR count). The van der Waals surface area contributed by atoms with Gasteiger partial charge in [0.25, 0.3) is 0 Å². The normalized spacial score (nSPS) is 11.1. The molecular weight excluding hydrogens is 198 g/mol. The van der Waals surface area contributed by atoms with Gasteiger partial charge in [-0.05, 0) is 20.8 Å². The number of nitrogens with two attached hydrogens (primary N) is 1. The van der Waals surface area contributed by atoms with Crippen molar-refractivity contribution < 1.29 is 4.74 Å². The van der Waals surface area contributed by atoms with Crippen LogP contribution >= 0.6 is 12.2 Å². The molecule has 0 bridgehead atoms. The van der Waals surface area contributed by atoms with Gasteiger partial charge in [0.1, 0.15) is 16.3 Å². The molecule has 76 valence electrons. The molecule has 0 atom stereocenters. The van der Waals surface area contributed by atoms with Gasteiger partial charge in [-0.2, -0.15) is 0 Å². The molecule has 1 aromatic heterocycles. The summed E-state index contributed by atoms with van der Waals surface area (Å²) in [5.74, 6) is 0.470. The molecule has 0 saturated carbocycles. The summed E-state index contributed by atoms with van der Waals surface area (Å²) >= 11 is 4.75. The first kappa shape index (κ1) is 10.8. The van der Waals surface area contributed by atoms with Crippen LogP contribution in [-0.4, -0.2) is 20.6 Å². The van der Waals surface area contributed by atoms with Crippen LogP contribution in [0.15, 0.2) is 12.4 Å². The lowest BCUT2D eigenvalue weighted by Gasteiger charge is -2.19. The van der Waals surface area contributed by atoms with Crippen molar-refractivity contribution in [2.24, 2.45) is 5.73 Å². The third-order valence-electron chi connectivity index (χ3n) is 1.29. The molecule has 14 heavy (non-hydrogen) atoms. The summed E-state index contributed by atoms with van der Waals surface area (Å²) in [4.78, 5) is 8.28. The predicted octanol–water partition coefficient (Wildman–Crippen LogP) is 1.29. The highest BCUT2D eigenvalue weighted by atomic mass is 32.1. The van der Waals surface area contributed by atoms with Crippen LogP contribution in [0.1, 0.15) is 26.5 Å². The molecular formula is C9H13N3OS. The fourth-order valence-electron chi connectivity index (χ4n) is 0.810. The molecule has 4 nitrogen and oxygen atoms in total. The van der Waals surface area contributed by atoms with E-state index in [1.807, 2.05) is 20.8 Å². The maximum Gasteiger partial charge on any atom is 0.232 e. The Kier molecular flexibility index (Phi) is 3.00. The topological polar surface area (TPSA) is 61.0 Å². The van der Waals surface area contributed by atoms with Crippen molar-refractivity contribution in [2.45, 2.75) is 26.4 Å². The molecule has 2 N–H and O–H groups in total. The van der Waals surface area contributed by atoms with E-state index >= 15 is 0 Å². The molecule has 0 amide bonds. The summed E-state index contributed by atoms with van der Waals surface area (Å²) in [5, 5.41) is 0. The van der Waals surface area contributed by atoms with E-state index in [1.54, 1.807) is 0 Å². The number of thiocarbonyl (C=S) groups is 1. The minimum absolute atomic E-state index is 0.236. The Hall–Kier alpha value is -1.23. The van der Waals surface area contributed by atoms with Crippen LogP contribution in [0.25, 0.3) is 0 Å². The Labute approximate surface area is 88.5 Å². The maximum absolute atomic E-state index is 5.48. The van der Waals surface area contributed by atoms with Crippen LogP contribution in [0, 0.1) is 0 Å². The molecule has 0 aliphatic rings. The van der Waals surface area contributed by atoms with Crippen LogP contribution < -0.4 is 10.5 Å². The summed E-state index contributed by atoms with van der Waals surface area (Å²) in [6.45, 7) is 5.82. The Morgan fingerprint density at radius 1 is 1.36 bits per heavy atom. The number of ether oxygens (including phenoxy) is 1. The number of nitrogens with zero attached hydrogens (tertiary/aromatic N) is 2. The van der Waals surface area contributed by atoms with Gasteiger partial charge in [-0.25, -0.2) is 9.97 Å². The molecule has 5 heteroatoms. The first-order valence-electron chi connectivity index (χ1n) is 4.19. The molecule has 0 radical (unpaired) electrons. The quantitative estimate of drug-likeness (QED) is 0.747. The van der Waals surface area contributed by atoms with Gasteiger partial charge in [-0.15, -0.1) is 0 Å². The third-order valence-corrected chi connectivity index (χ3v) is 1.50. The van der Waals surface area contributed by atoms with E-state index in [1.165, 1.54) is 12.4 Å². The van der Waals surface area contributed by atoms with Crippen molar-refractivity contribution in [2.75, 3.05) is 0 Å². The standard InChI is InChI=1S/C9H13N3OS/c1-9(2,3)13-7-5-11-6(4-12-7)8(10)14/h4-5H,1-3H3,(H2,10,14). The zero-order valence-electron chi connectivity index (χ0n) is 8.44. The molecule has 0 aliphatic heterocycles. The van der Waals surface area contributed by atoms with Crippen molar-refractivity contribution in [1.82, 2.24) is 9.97 Å². The SMILES string of the molecule is CC(C)(C)Oc1cnc(C(N)=S)cn1. The van der Waals surface area contributed by atoms with E-state index in [-0.39, 0.29) is 10.6 Å². The Morgan fingerprint density at radius 3 is 2.36 bits per heavy atom. The number of aromatic nitrogens is 2. The maximum atomic E-state index is 5.48. The first-order chi connectivity index (χ1) is 6.38. The van der Waals surface area contributed by atoms with Crippen LogP contribution in [0.5, 0.6) is 5.88 Å². The predicted molar refractivity (Wildman–Crippen MR) is 58.3 cm³/mol. The van der Waals surface area contributed by atoms with Gasteiger partial charge in [0.2, 0.25) is 5.88 Å². The fourth-order valence-corrected chi connectivity index (χ4v) is 0.915. The summed E-state index contributed by atoms with van der Waals surface area (Å²) in [7, 11) is 0. The van der Waals surface area contributed by atoms with E-state index in [0.717, 1.165) is 0 Å². The molecule has 1 heterocycles. The van der Waals surface area contributed by atoms with E-state index in [2.05, 4.69) is 9.97 Å². The summed E-state index contributed by atoms with van der Waals surface area (Å²) < 4.78 is 5.48. The minimum atomic E-state index is -0.278. The van der Waals surface area contributed by atoms with Crippen molar-refractivity contribution in [3.8, 4) is 5.88 Å². The second kappa shape index (κ2) is 3.88. The minimum Gasteiger partial charge on any atom is -0.471 e. The molecule has 1 aromatic rings. The Bertz CT molecular complexity index is 329. The van der Waals surface area contributed by atoms with Gasteiger partial charge < -0.3 is 10.5 Å². The van der Waals surface area contributed by atoms with Crippen LogP contribution in [0.3, 0.4) is 0 Å². The van der Waals surface area contributed by atoms with Crippen molar-refractivity contribution in [3.63, 3.8) is 0 Å². The Morgan fingerprint density at radius 2 is 2.00 bits per heavy atom. The molecule has 0 spiro atoms. The van der Waals surface area contributed by atoms with Gasteiger partial charge in [-0.1, -0.05) is 12.2 Å². The fraction of sp³-hybridized carbons (Fsp3) is 0.444. The van der Waals surface area contributed by atoms with E-state index in [9.17, 15) is 0 Å². The average Bonchev–Trinajstić information content (AvgIpc) is 2.02. The van der Waals surface area contributed by atoms with E-state index < -0.39 is 0 Å². The zero-order chi connectivity index (χ0) is 10.8. The molecule has 0 aliphatic carbocycles. The highest BCUT2D eigenvalue weighted by molar-refractivity contribution is 7.80. The second-order valence-corrected chi connectivity index (χ2v) is 4.26. The number of rotatable bonds is 2. The van der Waals surface area contributed by atoms with Crippen molar-refractivity contribution >= 4 is 17.2 Å². The van der Waals surface area contributed by atoms with E-state index in [0.29, 0.717) is 11.6 Å². The van der Waals surface area contributed by atoms with Gasteiger partial charge in [0.15, 0.2) is 0 Å². The summed E-state index contributed by atoms with van der Waals surface area (Å²) in [6.07, 6.45) is 3.02. The first-order valence-corrected chi connectivity index (χ1v) is 4.60. The lowest BCUT2D eigenvalue weighted by atomic mass is 10.2. The number of hydrogen-bond acceptors (Lipinski definition) is 4. The highest BCUT2D eigenvalue weighted by Crippen LogP contribution is 2.13. The van der Waals surface area contributed by atoms with E-state index in [4.69, 9.17) is 22.7 Å². The van der Waals surface area contributed by atoms with Crippen molar-refractivity contribution in [3.05, 3.63) is 18.1 Å². The van der Waals surface area contributed by atoms with Gasteiger partial charge in [-0.3, -0.25) is 0 Å². The smallest absolute Gasteiger partial charge is 0.232 e. The lowest BCUT2D eigenvalue weighted by Crippen LogP contribution is -2.24. The molecule has 0 fully saturated rings. The highest BCUT2D eigenvalue weighted by Gasteiger charge is 2.12. The Balaban J connectivity index is 2.79. The second-order valence-electron chi connectivity index (χ2n) is 3.82. The van der Waals surface area contributed by atoms with Crippen LogP contribution in [0.4, 0.5) is 0 Å². The lowest BCUT2D eigenvalue weighted by molar-refractivity contribution is 0.123. The van der Waals surface area contributed by atoms with Crippen molar-refractivity contribution in [1.29, 1.82) is 0 Å². The largest absolute Gasteiger partial charge is 0.471 e. The van der Waals surface area contributed by atoms with Crippen LogP contribution in [0.2, 0.25) is 0 Å². The summed E-state index contributed by atoms with van der Waals surface area (Å²) in [5.41, 5.74) is 5.60. The zero-order valence-corrected chi connectivity index (χ0v) is 9.26. The monoisotopic (exact) mass is 211 g/mol. The molecule has 0 unspecified atom stereocenters. The van der Waals surface area contributed by atoms with Gasteiger partial charge in [0, 0.05) is 0 Å². The summed E-state index contributed by atoms with van der Waals surface area (Å²) in [6, 6.07) is 0. The molecule has 0 saturated heterocycles.